The van der Waals surface area contributed by atoms with Crippen molar-refractivity contribution in [3.8, 4) is 5.69 Å². The number of aryl methyl sites for hydroxylation is 1. The van der Waals surface area contributed by atoms with Crippen LogP contribution in [0.3, 0.4) is 0 Å². The molecule has 2 aromatic carbocycles. The number of aromatic nitrogens is 3. The number of hydrogen-bond acceptors (Lipinski definition) is 5. The Morgan fingerprint density at radius 3 is 2.66 bits per heavy atom. The van der Waals surface area contributed by atoms with Crippen molar-refractivity contribution in [2.45, 2.75) is 32.9 Å². The predicted molar refractivity (Wildman–Crippen MR) is 120 cm³/mol. The Morgan fingerprint density at radius 1 is 1.07 bits per heavy atom. The molecule has 3 heterocycles. The maximum absolute atomic E-state index is 6.55. The van der Waals surface area contributed by atoms with E-state index >= 15 is 0 Å². The van der Waals surface area contributed by atoms with E-state index in [1.807, 2.05) is 31.2 Å². The average molecular weight is 422 g/mol. The van der Waals surface area contributed by atoms with E-state index in [0.717, 1.165) is 50.5 Å². The Hall–Kier alpha value is -2.44. The summed E-state index contributed by atoms with van der Waals surface area (Å²) >= 11 is 8.36. The second-order valence-corrected chi connectivity index (χ2v) is 9.26. The molecule has 5 nitrogen and oxygen atoms in total. The molecule has 0 radical (unpaired) electrons. The van der Waals surface area contributed by atoms with E-state index in [2.05, 4.69) is 46.8 Å². The summed E-state index contributed by atoms with van der Waals surface area (Å²) in [6.07, 6.45) is 0. The van der Waals surface area contributed by atoms with E-state index < -0.39 is 0 Å². The quantitative estimate of drug-likeness (QED) is 0.594. The smallest absolute Gasteiger partial charge is 0.159 e. The first-order chi connectivity index (χ1) is 13.9. The largest absolute Gasteiger partial charge is 0.281 e. The molecule has 0 saturated heterocycles. The third kappa shape index (κ3) is 3.20. The number of thioether (sulfide) groups is 1. The molecule has 0 bridgehead atoms. The molecular weight excluding hydrogens is 402 g/mol. The molecule has 5 rings (SSSR count). The lowest BCUT2D eigenvalue weighted by molar-refractivity contribution is 0.605. The fraction of sp³-hybridized carbons (Fsp3) is 0.273. The molecule has 0 N–H and O–H groups in total. The molecule has 3 aromatic rings. The van der Waals surface area contributed by atoms with Crippen LogP contribution in [-0.4, -0.2) is 36.8 Å². The Kier molecular flexibility index (Phi) is 4.37. The molecule has 0 fully saturated rings. The molecule has 0 spiro atoms. The van der Waals surface area contributed by atoms with E-state index in [4.69, 9.17) is 21.6 Å². The van der Waals surface area contributed by atoms with Crippen molar-refractivity contribution in [2.24, 2.45) is 9.98 Å². The first-order valence-electron chi connectivity index (χ1n) is 9.51. The molecule has 29 heavy (non-hydrogen) atoms. The zero-order valence-electron chi connectivity index (χ0n) is 16.5. The number of hydrogen-bond donors (Lipinski definition) is 0. The summed E-state index contributed by atoms with van der Waals surface area (Å²) in [5, 5.41) is 10.3. The van der Waals surface area contributed by atoms with Crippen molar-refractivity contribution < 1.29 is 0 Å². The molecule has 146 valence electrons. The van der Waals surface area contributed by atoms with Gasteiger partial charge >= 0.3 is 0 Å². The summed E-state index contributed by atoms with van der Waals surface area (Å²) in [7, 11) is 0. The summed E-state index contributed by atoms with van der Waals surface area (Å²) in [6.45, 7) is 6.75. The van der Waals surface area contributed by atoms with Crippen LogP contribution in [0, 0.1) is 6.92 Å². The van der Waals surface area contributed by atoms with Gasteiger partial charge in [-0.3, -0.25) is 14.6 Å². The minimum absolute atomic E-state index is 0.0372. The summed E-state index contributed by atoms with van der Waals surface area (Å²) in [5.74, 6) is 2.66. The van der Waals surface area contributed by atoms with Gasteiger partial charge in [-0.25, -0.2) is 0 Å². The monoisotopic (exact) mass is 421 g/mol. The van der Waals surface area contributed by atoms with Crippen molar-refractivity contribution in [3.63, 3.8) is 0 Å². The molecule has 0 atom stereocenters. The highest BCUT2D eigenvalue weighted by atomic mass is 35.5. The van der Waals surface area contributed by atoms with Gasteiger partial charge < -0.3 is 0 Å². The summed E-state index contributed by atoms with van der Waals surface area (Å²) in [5.41, 5.74) is 4.90. The van der Waals surface area contributed by atoms with Crippen molar-refractivity contribution in [1.29, 1.82) is 0 Å². The SMILES string of the molecule is Cc1nnc2n1-c1ccc(C3=NC(C)(C)CS3)cc1C(c1ccccc1Cl)=NC2. The van der Waals surface area contributed by atoms with Crippen LogP contribution in [0.2, 0.25) is 5.02 Å². The molecule has 0 saturated carbocycles. The number of benzene rings is 2. The molecule has 0 unspecified atom stereocenters. The highest BCUT2D eigenvalue weighted by molar-refractivity contribution is 8.14. The first-order valence-corrected chi connectivity index (χ1v) is 10.9. The van der Waals surface area contributed by atoms with Gasteiger partial charge in [0, 0.05) is 27.5 Å². The third-order valence-corrected chi connectivity index (χ3v) is 6.89. The van der Waals surface area contributed by atoms with Crippen LogP contribution in [-0.2, 0) is 6.54 Å². The molecule has 0 aliphatic carbocycles. The Balaban J connectivity index is 1.74. The van der Waals surface area contributed by atoms with Crippen LogP contribution in [0.4, 0.5) is 0 Å². The second-order valence-electron chi connectivity index (χ2n) is 7.89. The number of aliphatic imine (C=N–C) groups is 2. The zero-order chi connectivity index (χ0) is 20.2. The Labute approximate surface area is 178 Å². The number of rotatable bonds is 2. The van der Waals surface area contributed by atoms with Gasteiger partial charge in [-0.05, 0) is 39.0 Å². The number of nitrogens with zero attached hydrogens (tertiary/aromatic N) is 5. The van der Waals surface area contributed by atoms with Gasteiger partial charge in [-0.1, -0.05) is 35.9 Å². The number of halogens is 1. The Morgan fingerprint density at radius 2 is 1.90 bits per heavy atom. The van der Waals surface area contributed by atoms with Crippen LogP contribution in [0.15, 0.2) is 52.4 Å². The molecule has 2 aliphatic rings. The summed E-state index contributed by atoms with van der Waals surface area (Å²) in [6, 6.07) is 14.3. The van der Waals surface area contributed by atoms with E-state index in [9.17, 15) is 0 Å². The van der Waals surface area contributed by atoms with Crippen molar-refractivity contribution >= 4 is 34.1 Å². The second kappa shape index (κ2) is 6.82. The van der Waals surface area contributed by atoms with Crippen molar-refractivity contribution in [1.82, 2.24) is 14.8 Å². The van der Waals surface area contributed by atoms with Crippen LogP contribution in [0.25, 0.3) is 5.69 Å². The lowest BCUT2D eigenvalue weighted by Crippen LogP contribution is -2.15. The van der Waals surface area contributed by atoms with Crippen molar-refractivity contribution in [2.75, 3.05) is 5.75 Å². The van der Waals surface area contributed by atoms with Crippen molar-refractivity contribution in [3.05, 3.63) is 75.8 Å². The van der Waals surface area contributed by atoms with Gasteiger partial charge in [0.05, 0.1) is 22.0 Å². The lowest BCUT2D eigenvalue weighted by atomic mass is 9.98. The fourth-order valence-corrected chi connectivity index (χ4v) is 5.11. The molecule has 1 aromatic heterocycles. The highest BCUT2D eigenvalue weighted by Gasteiger charge is 2.28. The van der Waals surface area contributed by atoms with E-state index in [0.29, 0.717) is 11.6 Å². The normalized spacial score (nSPS) is 17.2. The third-order valence-electron chi connectivity index (χ3n) is 5.11. The van der Waals surface area contributed by atoms with Crippen LogP contribution >= 0.6 is 23.4 Å². The maximum Gasteiger partial charge on any atom is 0.159 e. The van der Waals surface area contributed by atoms with Gasteiger partial charge in [0.1, 0.15) is 12.4 Å². The first kappa shape index (κ1) is 18.6. The summed E-state index contributed by atoms with van der Waals surface area (Å²) in [4.78, 5) is 9.82. The van der Waals surface area contributed by atoms with Gasteiger partial charge in [0.25, 0.3) is 0 Å². The van der Waals surface area contributed by atoms with E-state index in [-0.39, 0.29) is 5.54 Å². The Bertz CT molecular complexity index is 1190. The fourth-order valence-electron chi connectivity index (χ4n) is 3.73. The molecule has 7 heteroatoms. The van der Waals surface area contributed by atoms with Crippen LogP contribution in [0.1, 0.15) is 42.2 Å². The van der Waals surface area contributed by atoms with Gasteiger partial charge in [0.2, 0.25) is 0 Å². The predicted octanol–water partition coefficient (Wildman–Crippen LogP) is 4.85. The zero-order valence-corrected chi connectivity index (χ0v) is 18.1. The minimum atomic E-state index is -0.0372. The number of fused-ring (bicyclic) bond motifs is 3. The maximum atomic E-state index is 6.55. The molecule has 0 amide bonds. The van der Waals surface area contributed by atoms with Crippen LogP contribution < -0.4 is 0 Å². The van der Waals surface area contributed by atoms with Crippen LogP contribution in [0.5, 0.6) is 0 Å². The molecule has 2 aliphatic heterocycles. The van der Waals surface area contributed by atoms with E-state index in [1.165, 1.54) is 0 Å². The average Bonchev–Trinajstić information content (AvgIpc) is 3.20. The van der Waals surface area contributed by atoms with Gasteiger partial charge in [0.15, 0.2) is 5.82 Å². The topological polar surface area (TPSA) is 55.4 Å². The van der Waals surface area contributed by atoms with Gasteiger partial charge in [-0.15, -0.1) is 22.0 Å². The highest BCUT2D eigenvalue weighted by Crippen LogP contribution is 2.34. The minimum Gasteiger partial charge on any atom is -0.281 e. The standard InChI is InChI=1S/C22H20ClN5S/c1-13-26-27-19-11-24-20(15-6-4-5-7-17(15)23)16-10-14(8-9-18(16)28(13)19)21-25-22(2,3)12-29-21/h4-10H,11-12H2,1-3H3. The molecular formula is C22H20ClN5S. The summed E-state index contributed by atoms with van der Waals surface area (Å²) < 4.78 is 2.08. The van der Waals surface area contributed by atoms with E-state index in [1.54, 1.807) is 11.8 Å². The van der Waals surface area contributed by atoms with Gasteiger partial charge in [-0.2, -0.15) is 0 Å². The lowest BCUT2D eigenvalue weighted by Gasteiger charge is -2.15.